The van der Waals surface area contributed by atoms with E-state index in [1.165, 1.54) is 4.90 Å². The quantitative estimate of drug-likeness (QED) is 0.573. The van der Waals surface area contributed by atoms with E-state index in [2.05, 4.69) is 19.2 Å². The van der Waals surface area contributed by atoms with Crippen molar-refractivity contribution in [1.29, 1.82) is 0 Å². The van der Waals surface area contributed by atoms with Gasteiger partial charge in [-0.25, -0.2) is 8.42 Å². The largest absolute Gasteiger partial charge is 0.355 e. The Hall–Kier alpha value is -2.87. The summed E-state index contributed by atoms with van der Waals surface area (Å²) in [6.07, 6.45) is 1.08. The molecule has 0 aliphatic rings. The van der Waals surface area contributed by atoms with Gasteiger partial charge in [0.2, 0.25) is 21.8 Å². The van der Waals surface area contributed by atoms with Crippen molar-refractivity contribution in [1.82, 2.24) is 10.2 Å². The molecule has 2 amide bonds. The number of aryl methyl sites for hydroxylation is 1. The van der Waals surface area contributed by atoms with Gasteiger partial charge in [0.1, 0.15) is 12.6 Å². The van der Waals surface area contributed by atoms with Crippen LogP contribution < -0.4 is 9.62 Å². The van der Waals surface area contributed by atoms with E-state index in [9.17, 15) is 18.0 Å². The first kappa shape index (κ1) is 26.4. The number of benzene rings is 2. The highest BCUT2D eigenvalue weighted by molar-refractivity contribution is 7.92. The zero-order chi connectivity index (χ0) is 24.8. The number of nitrogens with zero attached hydrogens (tertiary/aromatic N) is 2. The number of rotatable bonds is 10. The molecule has 2 rings (SSSR count). The SMILES string of the molecule is CCNC(=O)[C@@H](C)N(Cc1ccc(C)cc1)C(=O)CN(c1ccc(C(C)C)cc1)S(C)(=O)=O. The maximum Gasteiger partial charge on any atom is 0.244 e. The summed E-state index contributed by atoms with van der Waals surface area (Å²) in [7, 11) is -3.73. The van der Waals surface area contributed by atoms with Gasteiger partial charge in [-0.1, -0.05) is 55.8 Å². The molecule has 0 spiro atoms. The van der Waals surface area contributed by atoms with Gasteiger partial charge < -0.3 is 10.2 Å². The van der Waals surface area contributed by atoms with Gasteiger partial charge >= 0.3 is 0 Å². The van der Waals surface area contributed by atoms with Crippen molar-refractivity contribution in [3.05, 3.63) is 65.2 Å². The third-order valence-electron chi connectivity index (χ3n) is 5.52. The number of sulfonamides is 1. The molecule has 2 aromatic carbocycles. The molecule has 0 radical (unpaired) electrons. The normalized spacial score (nSPS) is 12.3. The van der Waals surface area contributed by atoms with Crippen molar-refractivity contribution < 1.29 is 18.0 Å². The Kier molecular flexibility index (Phi) is 9.05. The summed E-state index contributed by atoms with van der Waals surface area (Å²) in [5, 5.41) is 2.74. The van der Waals surface area contributed by atoms with Gasteiger partial charge in [0.15, 0.2) is 0 Å². The van der Waals surface area contributed by atoms with Crippen molar-refractivity contribution >= 4 is 27.5 Å². The number of carbonyl (C=O) groups excluding carboxylic acids is 2. The highest BCUT2D eigenvalue weighted by Gasteiger charge is 2.29. The average molecular weight is 474 g/mol. The minimum Gasteiger partial charge on any atom is -0.355 e. The second kappa shape index (κ2) is 11.3. The fourth-order valence-electron chi connectivity index (χ4n) is 3.43. The summed E-state index contributed by atoms with van der Waals surface area (Å²) in [6, 6.07) is 14.1. The van der Waals surface area contributed by atoms with Crippen LogP contribution in [0.2, 0.25) is 0 Å². The van der Waals surface area contributed by atoms with Crippen LogP contribution in [0.5, 0.6) is 0 Å². The number of hydrogen-bond donors (Lipinski definition) is 1. The van der Waals surface area contributed by atoms with E-state index >= 15 is 0 Å². The molecular weight excluding hydrogens is 438 g/mol. The summed E-state index contributed by atoms with van der Waals surface area (Å²) < 4.78 is 26.3. The Balaban J connectivity index is 2.36. The van der Waals surface area contributed by atoms with Crippen LogP contribution in [0.1, 0.15) is 50.3 Å². The highest BCUT2D eigenvalue weighted by Crippen LogP contribution is 2.22. The molecule has 1 atom stereocenters. The monoisotopic (exact) mass is 473 g/mol. The van der Waals surface area contributed by atoms with E-state index in [1.807, 2.05) is 50.2 Å². The molecule has 0 aliphatic heterocycles. The standard InChI is InChI=1S/C25H35N3O4S/c1-7-26-25(30)20(5)27(16-21-10-8-19(4)9-11-21)24(29)17-28(33(6,31)32)23-14-12-22(13-15-23)18(2)3/h8-15,18,20H,7,16-17H2,1-6H3,(H,26,30)/t20-/m1/s1. The van der Waals surface area contributed by atoms with E-state index in [-0.39, 0.29) is 12.5 Å². The number of nitrogens with one attached hydrogen (secondary N) is 1. The molecule has 33 heavy (non-hydrogen) atoms. The Morgan fingerprint density at radius 3 is 2.03 bits per heavy atom. The van der Waals surface area contributed by atoms with Crippen LogP contribution >= 0.6 is 0 Å². The van der Waals surface area contributed by atoms with Crippen molar-refractivity contribution in [2.75, 3.05) is 23.7 Å². The van der Waals surface area contributed by atoms with Gasteiger partial charge in [0.05, 0.1) is 11.9 Å². The van der Waals surface area contributed by atoms with E-state index in [4.69, 9.17) is 0 Å². The molecule has 180 valence electrons. The molecule has 0 saturated carbocycles. The maximum atomic E-state index is 13.4. The van der Waals surface area contributed by atoms with E-state index in [0.717, 1.165) is 27.3 Å². The van der Waals surface area contributed by atoms with Crippen LogP contribution in [0.25, 0.3) is 0 Å². The van der Waals surface area contributed by atoms with Crippen LogP contribution in [0.3, 0.4) is 0 Å². The molecule has 0 unspecified atom stereocenters. The van der Waals surface area contributed by atoms with Gasteiger partial charge in [-0.3, -0.25) is 13.9 Å². The van der Waals surface area contributed by atoms with Gasteiger partial charge in [-0.2, -0.15) is 0 Å². The van der Waals surface area contributed by atoms with E-state index in [0.29, 0.717) is 18.2 Å². The third-order valence-corrected chi connectivity index (χ3v) is 6.66. The molecule has 2 aromatic rings. The summed E-state index contributed by atoms with van der Waals surface area (Å²) in [5.74, 6) is -0.437. The molecule has 0 aliphatic carbocycles. The zero-order valence-corrected chi connectivity index (χ0v) is 21.1. The van der Waals surface area contributed by atoms with Crippen molar-refractivity contribution in [3.8, 4) is 0 Å². The lowest BCUT2D eigenvalue weighted by atomic mass is 10.0. The lowest BCUT2D eigenvalue weighted by molar-refractivity contribution is -0.139. The Bertz CT molecular complexity index is 1050. The van der Waals surface area contributed by atoms with Crippen LogP contribution in [-0.2, 0) is 26.2 Å². The highest BCUT2D eigenvalue weighted by atomic mass is 32.2. The number of amides is 2. The molecule has 1 N–H and O–H groups in total. The Morgan fingerprint density at radius 2 is 1.55 bits per heavy atom. The van der Waals surface area contributed by atoms with Crippen molar-refractivity contribution in [2.24, 2.45) is 0 Å². The minimum absolute atomic E-state index is 0.196. The first-order valence-electron chi connectivity index (χ1n) is 11.1. The van der Waals surface area contributed by atoms with E-state index < -0.39 is 28.5 Å². The fraction of sp³-hybridized carbons (Fsp3) is 0.440. The molecule has 0 fully saturated rings. The predicted octanol–water partition coefficient (Wildman–Crippen LogP) is 3.44. The Labute approximate surface area is 197 Å². The lowest BCUT2D eigenvalue weighted by Crippen LogP contribution is -2.51. The first-order chi connectivity index (χ1) is 15.4. The van der Waals surface area contributed by atoms with E-state index in [1.54, 1.807) is 19.1 Å². The molecule has 0 aromatic heterocycles. The minimum atomic E-state index is -3.73. The number of likely N-dealkylation sites (N-methyl/N-ethyl adjacent to an activating group) is 1. The van der Waals surface area contributed by atoms with Crippen LogP contribution in [0.15, 0.2) is 48.5 Å². The summed E-state index contributed by atoms with van der Waals surface area (Å²) in [4.78, 5) is 27.4. The van der Waals surface area contributed by atoms with Crippen molar-refractivity contribution in [2.45, 2.75) is 53.1 Å². The number of anilines is 1. The predicted molar refractivity (Wildman–Crippen MR) is 133 cm³/mol. The molecule has 8 heteroatoms. The third kappa shape index (κ3) is 7.32. The van der Waals surface area contributed by atoms with Gasteiger partial charge in [0.25, 0.3) is 0 Å². The van der Waals surface area contributed by atoms with Crippen LogP contribution in [0, 0.1) is 6.92 Å². The van der Waals surface area contributed by atoms with Gasteiger partial charge in [-0.15, -0.1) is 0 Å². The first-order valence-corrected chi connectivity index (χ1v) is 13.0. The molecular formula is C25H35N3O4S. The van der Waals surface area contributed by atoms with Crippen LogP contribution in [-0.4, -0.2) is 50.5 Å². The smallest absolute Gasteiger partial charge is 0.244 e. The molecule has 0 saturated heterocycles. The molecule has 0 heterocycles. The fourth-order valence-corrected chi connectivity index (χ4v) is 4.28. The van der Waals surface area contributed by atoms with Gasteiger partial charge in [-0.05, 0) is 49.9 Å². The zero-order valence-electron chi connectivity index (χ0n) is 20.3. The maximum absolute atomic E-state index is 13.4. The Morgan fingerprint density at radius 1 is 0.970 bits per heavy atom. The average Bonchev–Trinajstić information content (AvgIpc) is 2.76. The molecule has 0 bridgehead atoms. The number of carbonyl (C=O) groups is 2. The summed E-state index contributed by atoms with van der Waals surface area (Å²) in [6.45, 7) is 9.78. The second-order valence-electron chi connectivity index (χ2n) is 8.59. The lowest BCUT2D eigenvalue weighted by Gasteiger charge is -2.31. The van der Waals surface area contributed by atoms with Crippen molar-refractivity contribution in [3.63, 3.8) is 0 Å². The molecule has 7 nitrogen and oxygen atoms in total. The summed E-state index contributed by atoms with van der Waals surface area (Å²) >= 11 is 0. The van der Waals surface area contributed by atoms with Gasteiger partial charge in [0, 0.05) is 13.1 Å². The second-order valence-corrected chi connectivity index (χ2v) is 10.5. The number of hydrogen-bond acceptors (Lipinski definition) is 4. The van der Waals surface area contributed by atoms with Crippen LogP contribution in [0.4, 0.5) is 5.69 Å². The topological polar surface area (TPSA) is 86.8 Å². The summed E-state index contributed by atoms with van der Waals surface area (Å²) in [5.41, 5.74) is 3.43.